The van der Waals surface area contributed by atoms with E-state index in [1.807, 2.05) is 0 Å². The molecule has 2 unspecified atom stereocenters. The minimum absolute atomic E-state index is 0.157. The Morgan fingerprint density at radius 3 is 2.47 bits per heavy atom. The third kappa shape index (κ3) is 4.46. The van der Waals surface area contributed by atoms with Gasteiger partial charge in [0.2, 0.25) is 5.91 Å². The molecule has 2 atom stereocenters. The van der Waals surface area contributed by atoms with Crippen LogP contribution in [-0.4, -0.2) is 30.2 Å². The van der Waals surface area contributed by atoms with Crippen LogP contribution in [0, 0.1) is 17.8 Å². The van der Waals surface area contributed by atoms with Crippen molar-refractivity contribution in [2.45, 2.75) is 57.5 Å². The molecule has 2 aliphatic rings. The Balaban J connectivity index is 1.67. The molecule has 0 spiro atoms. The quantitative estimate of drug-likeness (QED) is 0.722. The molecule has 4 nitrogen and oxygen atoms in total. The zero-order valence-corrected chi connectivity index (χ0v) is 11.8. The summed E-state index contributed by atoms with van der Waals surface area (Å²) in [5.41, 5.74) is 5.67. The minimum Gasteiger partial charge on any atom is -0.393 e. The molecule has 2 saturated carbocycles. The number of rotatable bonds is 4. The second-order valence-electron chi connectivity index (χ2n) is 6.38. The van der Waals surface area contributed by atoms with Gasteiger partial charge in [0.1, 0.15) is 0 Å². The van der Waals surface area contributed by atoms with Crippen molar-refractivity contribution in [2.24, 2.45) is 23.5 Å². The third-order valence-corrected chi connectivity index (χ3v) is 4.87. The van der Waals surface area contributed by atoms with E-state index in [2.05, 4.69) is 5.32 Å². The molecule has 4 heteroatoms. The van der Waals surface area contributed by atoms with E-state index in [-0.39, 0.29) is 17.9 Å². The average Bonchev–Trinajstić information content (AvgIpc) is 2.45. The largest absolute Gasteiger partial charge is 0.393 e. The van der Waals surface area contributed by atoms with Gasteiger partial charge in [0.25, 0.3) is 0 Å². The van der Waals surface area contributed by atoms with Gasteiger partial charge in [-0.2, -0.15) is 0 Å². The lowest BCUT2D eigenvalue weighted by molar-refractivity contribution is -0.126. The van der Waals surface area contributed by atoms with Crippen LogP contribution in [0.5, 0.6) is 0 Å². The monoisotopic (exact) mass is 268 g/mol. The number of aliphatic hydroxyl groups is 1. The summed E-state index contributed by atoms with van der Waals surface area (Å²) in [5, 5.41) is 12.7. The van der Waals surface area contributed by atoms with Crippen molar-refractivity contribution in [3.8, 4) is 0 Å². The summed E-state index contributed by atoms with van der Waals surface area (Å²) < 4.78 is 0. The van der Waals surface area contributed by atoms with Crippen molar-refractivity contribution in [1.29, 1.82) is 0 Å². The minimum atomic E-state index is -0.157. The van der Waals surface area contributed by atoms with E-state index in [1.165, 1.54) is 0 Å². The molecule has 0 aromatic heterocycles. The molecule has 110 valence electrons. The number of nitrogens with two attached hydrogens (primary N) is 1. The van der Waals surface area contributed by atoms with Gasteiger partial charge < -0.3 is 16.2 Å². The first-order valence-electron chi connectivity index (χ1n) is 7.85. The maximum Gasteiger partial charge on any atom is 0.223 e. The SMILES string of the molecule is NCC1CCC(C(=O)NCC2CCCC(O)C2)CC1. The number of hydrogen-bond acceptors (Lipinski definition) is 3. The van der Waals surface area contributed by atoms with Gasteiger partial charge in [0.05, 0.1) is 6.10 Å². The molecular formula is C15H28N2O2. The lowest BCUT2D eigenvalue weighted by Gasteiger charge is -2.29. The summed E-state index contributed by atoms with van der Waals surface area (Å²) in [7, 11) is 0. The molecule has 2 rings (SSSR count). The summed E-state index contributed by atoms with van der Waals surface area (Å²) >= 11 is 0. The molecule has 0 saturated heterocycles. The molecule has 0 aromatic rings. The Bertz CT molecular complexity index is 288. The fraction of sp³-hybridized carbons (Fsp3) is 0.933. The normalized spacial score (nSPS) is 35.9. The molecule has 0 aliphatic heterocycles. The highest BCUT2D eigenvalue weighted by atomic mass is 16.3. The summed E-state index contributed by atoms with van der Waals surface area (Å²) in [6.07, 6.45) is 8.00. The second-order valence-corrected chi connectivity index (χ2v) is 6.38. The zero-order valence-electron chi connectivity index (χ0n) is 11.8. The molecule has 2 aliphatic carbocycles. The Kier molecular flexibility index (Phi) is 5.64. The number of amides is 1. The number of carbonyl (C=O) groups is 1. The smallest absolute Gasteiger partial charge is 0.223 e. The van der Waals surface area contributed by atoms with E-state index >= 15 is 0 Å². The molecule has 4 N–H and O–H groups in total. The van der Waals surface area contributed by atoms with Gasteiger partial charge in [-0.25, -0.2) is 0 Å². The number of nitrogens with one attached hydrogen (secondary N) is 1. The first kappa shape index (κ1) is 14.8. The summed E-state index contributed by atoms with van der Waals surface area (Å²) in [5.74, 6) is 1.50. The van der Waals surface area contributed by atoms with Crippen molar-refractivity contribution >= 4 is 5.91 Å². The molecule has 0 radical (unpaired) electrons. The first-order valence-corrected chi connectivity index (χ1v) is 7.85. The molecule has 19 heavy (non-hydrogen) atoms. The van der Waals surface area contributed by atoms with Crippen molar-refractivity contribution in [3.05, 3.63) is 0 Å². The fourth-order valence-corrected chi connectivity index (χ4v) is 3.50. The van der Waals surface area contributed by atoms with E-state index in [4.69, 9.17) is 5.73 Å². The number of hydrogen-bond donors (Lipinski definition) is 3. The van der Waals surface area contributed by atoms with E-state index in [9.17, 15) is 9.90 Å². The Morgan fingerprint density at radius 2 is 1.84 bits per heavy atom. The Labute approximate surface area is 116 Å². The lowest BCUT2D eigenvalue weighted by Crippen LogP contribution is -2.38. The van der Waals surface area contributed by atoms with E-state index in [0.29, 0.717) is 11.8 Å². The van der Waals surface area contributed by atoms with Gasteiger partial charge in [-0.15, -0.1) is 0 Å². The van der Waals surface area contributed by atoms with Crippen LogP contribution in [0.25, 0.3) is 0 Å². The predicted molar refractivity (Wildman–Crippen MR) is 75.5 cm³/mol. The van der Waals surface area contributed by atoms with Gasteiger partial charge in [-0.3, -0.25) is 4.79 Å². The van der Waals surface area contributed by atoms with E-state index in [1.54, 1.807) is 0 Å². The van der Waals surface area contributed by atoms with Crippen molar-refractivity contribution < 1.29 is 9.90 Å². The Morgan fingerprint density at radius 1 is 1.11 bits per heavy atom. The number of aliphatic hydroxyl groups excluding tert-OH is 1. The van der Waals surface area contributed by atoms with Crippen LogP contribution in [0.3, 0.4) is 0 Å². The standard InChI is InChI=1S/C15H28N2O2/c16-9-11-4-6-13(7-5-11)15(19)17-10-12-2-1-3-14(18)8-12/h11-14,18H,1-10,16H2,(H,17,19). The van der Waals surface area contributed by atoms with Crippen molar-refractivity contribution in [2.75, 3.05) is 13.1 Å². The van der Waals surface area contributed by atoms with Crippen LogP contribution < -0.4 is 11.1 Å². The van der Waals surface area contributed by atoms with Crippen LogP contribution in [0.15, 0.2) is 0 Å². The highest BCUT2D eigenvalue weighted by Gasteiger charge is 2.26. The van der Waals surface area contributed by atoms with Crippen molar-refractivity contribution in [1.82, 2.24) is 5.32 Å². The second kappa shape index (κ2) is 7.25. The fourth-order valence-electron chi connectivity index (χ4n) is 3.50. The first-order chi connectivity index (χ1) is 9.19. The summed E-state index contributed by atoms with van der Waals surface area (Å²) in [4.78, 5) is 12.1. The van der Waals surface area contributed by atoms with Crippen LogP contribution >= 0.6 is 0 Å². The third-order valence-electron chi connectivity index (χ3n) is 4.87. The highest BCUT2D eigenvalue weighted by molar-refractivity contribution is 5.78. The van der Waals surface area contributed by atoms with Gasteiger partial charge in [-0.05, 0) is 63.3 Å². The molecule has 0 bridgehead atoms. The molecular weight excluding hydrogens is 240 g/mol. The molecule has 0 heterocycles. The van der Waals surface area contributed by atoms with Crippen LogP contribution in [-0.2, 0) is 4.79 Å². The van der Waals surface area contributed by atoms with Crippen molar-refractivity contribution in [3.63, 3.8) is 0 Å². The summed E-state index contributed by atoms with van der Waals surface area (Å²) in [6.45, 7) is 1.50. The zero-order chi connectivity index (χ0) is 13.7. The highest BCUT2D eigenvalue weighted by Crippen LogP contribution is 2.28. The van der Waals surface area contributed by atoms with Crippen LogP contribution in [0.4, 0.5) is 0 Å². The van der Waals surface area contributed by atoms with E-state index in [0.717, 1.165) is 64.5 Å². The predicted octanol–water partition coefficient (Wildman–Crippen LogP) is 1.42. The molecule has 0 aromatic carbocycles. The van der Waals surface area contributed by atoms with Crippen LogP contribution in [0.1, 0.15) is 51.4 Å². The van der Waals surface area contributed by atoms with E-state index < -0.39 is 0 Å². The van der Waals surface area contributed by atoms with Gasteiger partial charge >= 0.3 is 0 Å². The van der Waals surface area contributed by atoms with Gasteiger partial charge in [0, 0.05) is 12.5 Å². The number of carbonyl (C=O) groups excluding carboxylic acids is 1. The average molecular weight is 268 g/mol. The molecule has 1 amide bonds. The summed E-state index contributed by atoms with van der Waals surface area (Å²) in [6, 6.07) is 0. The lowest BCUT2D eigenvalue weighted by atomic mass is 9.81. The topological polar surface area (TPSA) is 75.4 Å². The van der Waals surface area contributed by atoms with Crippen LogP contribution in [0.2, 0.25) is 0 Å². The van der Waals surface area contributed by atoms with Gasteiger partial charge in [0.15, 0.2) is 0 Å². The maximum absolute atomic E-state index is 12.1. The molecule has 2 fully saturated rings. The maximum atomic E-state index is 12.1. The van der Waals surface area contributed by atoms with Gasteiger partial charge in [-0.1, -0.05) is 6.42 Å². The Hall–Kier alpha value is -0.610.